The molecule has 0 aliphatic rings. The maximum absolute atomic E-state index is 12.8. The number of fused-ring (bicyclic) bond motifs is 1. The van der Waals surface area contributed by atoms with Crippen LogP contribution < -0.4 is 0 Å². The molecule has 0 saturated heterocycles. The molecule has 0 aromatic carbocycles. The second kappa shape index (κ2) is 5.28. The van der Waals surface area contributed by atoms with Crippen LogP contribution in [0.25, 0.3) is 22.7 Å². The Balaban J connectivity index is 2.22. The topological polar surface area (TPSA) is 43.6 Å². The number of imidazole rings is 1. The highest BCUT2D eigenvalue weighted by atomic mass is 32.2. The van der Waals surface area contributed by atoms with Crippen molar-refractivity contribution in [2.75, 3.05) is 6.26 Å². The normalized spacial score (nSPS) is 12.0. The molecule has 0 unspecified atom stereocenters. The average molecular weight is 324 g/mol. The van der Waals surface area contributed by atoms with Crippen LogP contribution in [-0.2, 0) is 13.2 Å². The van der Waals surface area contributed by atoms with Gasteiger partial charge in [-0.2, -0.15) is 13.2 Å². The Hall–Kier alpha value is -2.09. The molecule has 0 fully saturated rings. The lowest BCUT2D eigenvalue weighted by Gasteiger charge is -2.06. The van der Waals surface area contributed by atoms with Crippen molar-refractivity contribution in [3.8, 4) is 11.5 Å². The molecule has 0 atom stereocenters. The summed E-state index contributed by atoms with van der Waals surface area (Å²) in [7, 11) is 1.71. The molecule has 0 bridgehead atoms. The summed E-state index contributed by atoms with van der Waals surface area (Å²) in [4.78, 5) is 13.4. The minimum Gasteiger partial charge on any atom is -0.310 e. The average Bonchev–Trinajstić information content (AvgIpc) is 2.83. The van der Waals surface area contributed by atoms with Gasteiger partial charge in [0.25, 0.3) is 0 Å². The first-order chi connectivity index (χ1) is 10.4. The van der Waals surface area contributed by atoms with Gasteiger partial charge < -0.3 is 4.57 Å². The van der Waals surface area contributed by atoms with Crippen LogP contribution in [0.1, 0.15) is 5.56 Å². The van der Waals surface area contributed by atoms with Crippen molar-refractivity contribution >= 4 is 22.9 Å². The van der Waals surface area contributed by atoms with Crippen molar-refractivity contribution in [3.63, 3.8) is 0 Å². The number of thioether (sulfide) groups is 1. The lowest BCUT2D eigenvalue weighted by atomic mass is 10.2. The van der Waals surface area contributed by atoms with Crippen LogP contribution >= 0.6 is 11.8 Å². The summed E-state index contributed by atoms with van der Waals surface area (Å²) in [5, 5.41) is 0. The third-order valence-electron chi connectivity index (χ3n) is 3.24. The number of pyridine rings is 2. The summed E-state index contributed by atoms with van der Waals surface area (Å²) in [6.07, 6.45) is -0.0812. The zero-order chi connectivity index (χ0) is 15.9. The smallest absolute Gasteiger partial charge is 0.310 e. The van der Waals surface area contributed by atoms with Gasteiger partial charge in [-0.15, -0.1) is 11.8 Å². The number of rotatable bonds is 2. The number of alkyl halides is 3. The van der Waals surface area contributed by atoms with E-state index in [1.165, 1.54) is 11.8 Å². The Morgan fingerprint density at radius 2 is 2.00 bits per heavy atom. The summed E-state index contributed by atoms with van der Waals surface area (Å²) >= 11 is 1.50. The van der Waals surface area contributed by atoms with E-state index in [0.29, 0.717) is 17.2 Å². The van der Waals surface area contributed by atoms with Gasteiger partial charge in [-0.1, -0.05) is 0 Å². The lowest BCUT2D eigenvalue weighted by Crippen LogP contribution is -2.05. The summed E-state index contributed by atoms with van der Waals surface area (Å²) in [5.74, 6) is 0.492. The van der Waals surface area contributed by atoms with Gasteiger partial charge in [0.2, 0.25) is 0 Å². The first-order valence-corrected chi connectivity index (χ1v) is 7.53. The van der Waals surface area contributed by atoms with Crippen molar-refractivity contribution < 1.29 is 13.2 Å². The summed E-state index contributed by atoms with van der Waals surface area (Å²) in [6, 6.07) is 4.70. The first-order valence-electron chi connectivity index (χ1n) is 6.31. The molecular formula is C14H11F3N4S. The Bertz CT molecular complexity index is 842. The van der Waals surface area contributed by atoms with Crippen molar-refractivity contribution in [2.45, 2.75) is 11.1 Å². The zero-order valence-electron chi connectivity index (χ0n) is 11.7. The van der Waals surface area contributed by atoms with E-state index in [1.54, 1.807) is 23.9 Å². The second-order valence-corrected chi connectivity index (χ2v) is 5.46. The summed E-state index contributed by atoms with van der Waals surface area (Å²) in [5.41, 5.74) is 0.408. The highest BCUT2D eigenvalue weighted by Gasteiger charge is 2.31. The van der Waals surface area contributed by atoms with Gasteiger partial charge in [-0.25, -0.2) is 9.97 Å². The van der Waals surface area contributed by atoms with Gasteiger partial charge in [0.1, 0.15) is 11.2 Å². The highest BCUT2D eigenvalue weighted by Crippen LogP contribution is 2.32. The largest absolute Gasteiger partial charge is 0.417 e. The maximum Gasteiger partial charge on any atom is 0.417 e. The Labute approximate surface area is 128 Å². The molecule has 0 N–H and O–H groups in total. The highest BCUT2D eigenvalue weighted by molar-refractivity contribution is 7.98. The van der Waals surface area contributed by atoms with E-state index in [1.807, 2.05) is 12.3 Å². The first kappa shape index (κ1) is 14.8. The predicted molar refractivity (Wildman–Crippen MR) is 78.5 cm³/mol. The van der Waals surface area contributed by atoms with Crippen molar-refractivity contribution in [2.24, 2.45) is 7.05 Å². The molecule has 3 aromatic rings. The Morgan fingerprint density at radius 3 is 2.68 bits per heavy atom. The van der Waals surface area contributed by atoms with Gasteiger partial charge in [-0.3, -0.25) is 4.98 Å². The number of aryl methyl sites for hydroxylation is 1. The van der Waals surface area contributed by atoms with E-state index in [0.717, 1.165) is 17.2 Å². The summed E-state index contributed by atoms with van der Waals surface area (Å²) < 4.78 is 40.0. The van der Waals surface area contributed by atoms with Gasteiger partial charge >= 0.3 is 6.18 Å². The number of nitrogens with zero attached hydrogens (tertiary/aromatic N) is 4. The molecule has 3 aromatic heterocycles. The van der Waals surface area contributed by atoms with Crippen LogP contribution in [-0.4, -0.2) is 25.8 Å². The van der Waals surface area contributed by atoms with Gasteiger partial charge in [0, 0.05) is 24.3 Å². The molecule has 0 aliphatic carbocycles. The van der Waals surface area contributed by atoms with Crippen LogP contribution in [0, 0.1) is 0 Å². The molecule has 3 rings (SSSR count). The van der Waals surface area contributed by atoms with Crippen LogP contribution in [0.4, 0.5) is 13.2 Å². The minimum absolute atomic E-state index is 0.199. The number of aromatic nitrogens is 4. The zero-order valence-corrected chi connectivity index (χ0v) is 12.5. The van der Waals surface area contributed by atoms with Crippen LogP contribution in [0.5, 0.6) is 0 Å². The SMILES string of the molecule is CSc1cccnc1-c1nc2cc(C(F)(F)F)cnc2n1C. The summed E-state index contributed by atoms with van der Waals surface area (Å²) in [6.45, 7) is 0. The number of hydrogen-bond acceptors (Lipinski definition) is 4. The van der Waals surface area contributed by atoms with Gasteiger partial charge in [0.15, 0.2) is 11.5 Å². The van der Waals surface area contributed by atoms with Crippen molar-refractivity contribution in [1.82, 2.24) is 19.5 Å². The molecule has 22 heavy (non-hydrogen) atoms. The Kier molecular flexibility index (Phi) is 3.56. The Morgan fingerprint density at radius 1 is 1.23 bits per heavy atom. The van der Waals surface area contributed by atoms with E-state index in [4.69, 9.17) is 0 Å². The molecule has 0 aliphatic heterocycles. The lowest BCUT2D eigenvalue weighted by molar-refractivity contribution is -0.137. The molecule has 8 heteroatoms. The van der Waals surface area contributed by atoms with E-state index < -0.39 is 11.7 Å². The fourth-order valence-electron chi connectivity index (χ4n) is 2.17. The standard InChI is InChI=1S/C14H11F3N4S/c1-21-12-9(6-8(7-19-12)14(15,16)17)20-13(21)11-10(22-2)4-3-5-18-11/h3-7H,1-2H3. The third-order valence-corrected chi connectivity index (χ3v) is 4.01. The molecule has 3 heterocycles. The maximum atomic E-state index is 12.8. The van der Waals surface area contributed by atoms with Gasteiger partial charge in [-0.05, 0) is 24.5 Å². The van der Waals surface area contributed by atoms with Crippen molar-refractivity contribution in [3.05, 3.63) is 36.2 Å². The minimum atomic E-state index is -4.44. The molecule has 0 saturated carbocycles. The van der Waals surface area contributed by atoms with Crippen LogP contribution in [0.15, 0.2) is 35.5 Å². The number of hydrogen-bond donors (Lipinski definition) is 0. The molecule has 0 amide bonds. The van der Waals surface area contributed by atoms with Crippen LogP contribution in [0.2, 0.25) is 0 Å². The van der Waals surface area contributed by atoms with E-state index in [2.05, 4.69) is 15.0 Å². The quantitative estimate of drug-likeness (QED) is 0.673. The van der Waals surface area contributed by atoms with E-state index >= 15 is 0 Å². The van der Waals surface area contributed by atoms with Gasteiger partial charge in [0.05, 0.1) is 5.56 Å². The second-order valence-electron chi connectivity index (χ2n) is 4.61. The van der Waals surface area contributed by atoms with Crippen LogP contribution in [0.3, 0.4) is 0 Å². The fourth-order valence-corrected chi connectivity index (χ4v) is 2.72. The monoisotopic (exact) mass is 324 g/mol. The molecule has 114 valence electrons. The fraction of sp³-hybridized carbons (Fsp3) is 0.214. The number of halogens is 3. The molecule has 4 nitrogen and oxygen atoms in total. The van der Waals surface area contributed by atoms with E-state index in [-0.39, 0.29) is 5.52 Å². The molecule has 0 spiro atoms. The molecule has 0 radical (unpaired) electrons. The predicted octanol–water partition coefficient (Wildman–Crippen LogP) is 3.77. The third kappa shape index (κ3) is 2.43. The molecular weight excluding hydrogens is 313 g/mol. The van der Waals surface area contributed by atoms with E-state index in [9.17, 15) is 13.2 Å². The van der Waals surface area contributed by atoms with Crippen molar-refractivity contribution in [1.29, 1.82) is 0 Å².